The number of thiophene rings is 1. The fraction of sp³-hybridized carbons (Fsp3) is 0.667. The molecule has 4 heteroatoms. The number of likely N-dealkylation sites (tertiary alicyclic amines) is 1. The normalized spacial score (nSPS) is 21.8. The van der Waals surface area contributed by atoms with Crippen molar-refractivity contribution in [3.63, 3.8) is 0 Å². The number of fused-ring (bicyclic) bond motifs is 1. The summed E-state index contributed by atoms with van der Waals surface area (Å²) in [5.74, 6) is 3.04. The van der Waals surface area contributed by atoms with Crippen LogP contribution in [0.2, 0.25) is 0 Å². The fourth-order valence-electron chi connectivity index (χ4n) is 2.43. The molecule has 0 bridgehead atoms. The zero-order valence-electron chi connectivity index (χ0n) is 9.32. The molecule has 0 unspecified atom stereocenters. The summed E-state index contributed by atoms with van der Waals surface area (Å²) in [6.45, 7) is 3.61. The van der Waals surface area contributed by atoms with Crippen LogP contribution in [0.3, 0.4) is 0 Å². The first-order valence-corrected chi connectivity index (χ1v) is 7.83. The van der Waals surface area contributed by atoms with Crippen molar-refractivity contribution in [1.82, 2.24) is 4.90 Å². The SMILES string of the molecule is OCC1CN(Cc2cc3c(s2)CCSC3)C1. The summed E-state index contributed by atoms with van der Waals surface area (Å²) in [5.41, 5.74) is 1.58. The molecule has 3 rings (SSSR count). The highest BCUT2D eigenvalue weighted by Crippen LogP contribution is 2.33. The maximum absolute atomic E-state index is 8.98. The van der Waals surface area contributed by atoms with Crippen LogP contribution in [0.5, 0.6) is 0 Å². The van der Waals surface area contributed by atoms with Crippen molar-refractivity contribution < 1.29 is 5.11 Å². The molecule has 1 saturated heterocycles. The molecular formula is C12H17NOS2. The van der Waals surface area contributed by atoms with Gasteiger partial charge in [0.25, 0.3) is 0 Å². The third-order valence-corrected chi connectivity index (χ3v) is 5.58. The van der Waals surface area contributed by atoms with Crippen LogP contribution in [0.25, 0.3) is 0 Å². The number of nitrogens with zero attached hydrogens (tertiary/aromatic N) is 1. The second kappa shape index (κ2) is 4.69. The molecule has 2 nitrogen and oxygen atoms in total. The fourth-order valence-corrected chi connectivity index (χ4v) is 4.85. The Hall–Kier alpha value is -0.0300. The van der Waals surface area contributed by atoms with Gasteiger partial charge < -0.3 is 5.11 Å². The van der Waals surface area contributed by atoms with E-state index in [-0.39, 0.29) is 0 Å². The standard InChI is InChI=1S/C12H17NOS2/c14-7-9-4-13(5-9)6-11-3-10-8-15-2-1-12(10)16-11/h3,9,14H,1-2,4-8H2. The Balaban J connectivity index is 1.61. The van der Waals surface area contributed by atoms with Crippen molar-refractivity contribution in [1.29, 1.82) is 0 Å². The molecule has 0 aromatic carbocycles. The lowest BCUT2D eigenvalue weighted by atomic mass is 10.0. The average Bonchev–Trinajstić information content (AvgIpc) is 2.65. The minimum atomic E-state index is 0.355. The van der Waals surface area contributed by atoms with Gasteiger partial charge in [-0.25, -0.2) is 0 Å². The van der Waals surface area contributed by atoms with Crippen molar-refractivity contribution in [2.45, 2.75) is 18.7 Å². The largest absolute Gasteiger partial charge is 0.396 e. The highest BCUT2D eigenvalue weighted by atomic mass is 32.2. The summed E-state index contributed by atoms with van der Waals surface area (Å²) in [5, 5.41) is 8.98. The van der Waals surface area contributed by atoms with Crippen molar-refractivity contribution in [3.8, 4) is 0 Å². The number of aliphatic hydroxyl groups is 1. The summed E-state index contributed by atoms with van der Waals surface area (Å²) < 4.78 is 0. The van der Waals surface area contributed by atoms with Gasteiger partial charge in [0.05, 0.1) is 0 Å². The minimum absolute atomic E-state index is 0.355. The van der Waals surface area contributed by atoms with Crippen LogP contribution in [0.15, 0.2) is 6.07 Å². The first-order chi connectivity index (χ1) is 7.85. The van der Waals surface area contributed by atoms with E-state index in [1.54, 1.807) is 10.4 Å². The highest BCUT2D eigenvalue weighted by Gasteiger charge is 2.26. The molecule has 1 aromatic heterocycles. The Morgan fingerprint density at radius 3 is 3.06 bits per heavy atom. The van der Waals surface area contributed by atoms with Gasteiger partial charge in [0.2, 0.25) is 0 Å². The Morgan fingerprint density at radius 2 is 2.31 bits per heavy atom. The van der Waals surface area contributed by atoms with Gasteiger partial charge in [-0.15, -0.1) is 11.3 Å². The smallest absolute Gasteiger partial charge is 0.0483 e. The minimum Gasteiger partial charge on any atom is -0.396 e. The summed E-state index contributed by atoms with van der Waals surface area (Å²) in [6.07, 6.45) is 1.27. The molecule has 0 saturated carbocycles. The maximum atomic E-state index is 8.98. The van der Waals surface area contributed by atoms with Gasteiger partial charge in [0, 0.05) is 47.7 Å². The number of aryl methyl sites for hydroxylation is 1. The van der Waals surface area contributed by atoms with E-state index in [1.807, 2.05) is 11.3 Å². The van der Waals surface area contributed by atoms with Gasteiger partial charge in [0.15, 0.2) is 0 Å². The predicted molar refractivity (Wildman–Crippen MR) is 70.0 cm³/mol. The van der Waals surface area contributed by atoms with E-state index in [1.165, 1.54) is 22.8 Å². The Morgan fingerprint density at radius 1 is 1.44 bits per heavy atom. The number of hydrogen-bond donors (Lipinski definition) is 1. The van der Waals surface area contributed by atoms with Crippen LogP contribution in [0.1, 0.15) is 15.3 Å². The van der Waals surface area contributed by atoms with Gasteiger partial charge in [-0.3, -0.25) is 4.90 Å². The van der Waals surface area contributed by atoms with Gasteiger partial charge in [-0.05, 0) is 23.8 Å². The van der Waals surface area contributed by atoms with Crippen LogP contribution in [0, 0.1) is 5.92 Å². The molecule has 16 heavy (non-hydrogen) atoms. The molecule has 2 aliphatic rings. The van der Waals surface area contributed by atoms with E-state index in [0.29, 0.717) is 12.5 Å². The average molecular weight is 255 g/mol. The monoisotopic (exact) mass is 255 g/mol. The molecule has 2 aliphatic heterocycles. The molecule has 88 valence electrons. The first kappa shape index (κ1) is 11.1. The second-order valence-electron chi connectivity index (χ2n) is 4.71. The molecule has 0 aliphatic carbocycles. The molecule has 0 amide bonds. The van der Waals surface area contributed by atoms with Gasteiger partial charge in [-0.1, -0.05) is 0 Å². The lowest BCUT2D eigenvalue weighted by Gasteiger charge is -2.37. The molecule has 1 fully saturated rings. The van der Waals surface area contributed by atoms with Crippen LogP contribution >= 0.6 is 23.1 Å². The number of rotatable bonds is 3. The zero-order valence-corrected chi connectivity index (χ0v) is 10.9. The molecule has 0 spiro atoms. The van der Waals surface area contributed by atoms with Crippen molar-refractivity contribution in [2.75, 3.05) is 25.4 Å². The summed E-state index contributed by atoms with van der Waals surface area (Å²) in [7, 11) is 0. The topological polar surface area (TPSA) is 23.5 Å². The lowest BCUT2D eigenvalue weighted by molar-refractivity contribution is 0.0487. The molecule has 1 aromatic rings. The third kappa shape index (κ3) is 2.16. The number of thioether (sulfide) groups is 1. The highest BCUT2D eigenvalue weighted by molar-refractivity contribution is 7.98. The van der Waals surface area contributed by atoms with Crippen LogP contribution in [-0.4, -0.2) is 35.5 Å². The van der Waals surface area contributed by atoms with Crippen LogP contribution < -0.4 is 0 Å². The molecular weight excluding hydrogens is 238 g/mol. The van der Waals surface area contributed by atoms with Crippen molar-refractivity contribution >= 4 is 23.1 Å². The Bertz CT molecular complexity index is 348. The summed E-state index contributed by atoms with van der Waals surface area (Å²) in [6, 6.07) is 2.40. The molecule has 1 N–H and O–H groups in total. The quantitative estimate of drug-likeness (QED) is 0.893. The molecule has 0 radical (unpaired) electrons. The number of aliphatic hydroxyl groups excluding tert-OH is 1. The Kier molecular flexibility index (Phi) is 3.25. The van der Waals surface area contributed by atoms with Gasteiger partial charge in [0.1, 0.15) is 0 Å². The number of hydrogen-bond acceptors (Lipinski definition) is 4. The molecule has 3 heterocycles. The second-order valence-corrected chi connectivity index (χ2v) is 7.03. The maximum Gasteiger partial charge on any atom is 0.0483 e. The van der Waals surface area contributed by atoms with E-state index in [9.17, 15) is 0 Å². The molecule has 0 atom stereocenters. The first-order valence-electron chi connectivity index (χ1n) is 5.86. The van der Waals surface area contributed by atoms with Crippen LogP contribution in [0.4, 0.5) is 0 Å². The van der Waals surface area contributed by atoms with Gasteiger partial charge >= 0.3 is 0 Å². The lowest BCUT2D eigenvalue weighted by Crippen LogP contribution is -2.47. The van der Waals surface area contributed by atoms with E-state index in [4.69, 9.17) is 5.11 Å². The predicted octanol–water partition coefficient (Wildman–Crippen LogP) is 1.96. The van der Waals surface area contributed by atoms with E-state index < -0.39 is 0 Å². The summed E-state index contributed by atoms with van der Waals surface area (Å²) >= 11 is 4.06. The van der Waals surface area contributed by atoms with Gasteiger partial charge in [-0.2, -0.15) is 11.8 Å². The third-order valence-electron chi connectivity index (χ3n) is 3.35. The van der Waals surface area contributed by atoms with E-state index in [2.05, 4.69) is 22.7 Å². The zero-order chi connectivity index (χ0) is 11.0. The van der Waals surface area contributed by atoms with E-state index in [0.717, 1.165) is 19.6 Å². The van der Waals surface area contributed by atoms with Crippen LogP contribution in [-0.2, 0) is 18.7 Å². The van der Waals surface area contributed by atoms with Crippen molar-refractivity contribution in [2.24, 2.45) is 5.92 Å². The van der Waals surface area contributed by atoms with E-state index >= 15 is 0 Å². The Labute approximate surface area is 105 Å². The van der Waals surface area contributed by atoms with Crippen molar-refractivity contribution in [3.05, 3.63) is 21.4 Å². The summed E-state index contributed by atoms with van der Waals surface area (Å²) in [4.78, 5) is 5.57.